The molecule has 2 heterocycles. The Morgan fingerprint density at radius 3 is 2.72 bits per heavy atom. The molecular formula is C10H13N3O4S. The van der Waals surface area contributed by atoms with E-state index in [-0.39, 0.29) is 17.5 Å². The summed E-state index contributed by atoms with van der Waals surface area (Å²) in [5, 5.41) is -0.0424. The number of aryl methyl sites for hydroxylation is 1. The highest BCUT2D eigenvalue weighted by Crippen LogP contribution is 2.19. The number of ether oxygens (including phenoxy) is 1. The molecule has 2 aromatic rings. The van der Waals surface area contributed by atoms with E-state index in [1.54, 1.807) is 14.0 Å². The Morgan fingerprint density at radius 2 is 2.22 bits per heavy atom. The van der Waals surface area contributed by atoms with Gasteiger partial charge in [0.2, 0.25) is 15.0 Å². The molecular weight excluding hydrogens is 258 g/mol. The van der Waals surface area contributed by atoms with Crippen LogP contribution in [0.5, 0.6) is 0 Å². The number of carbonyl (C=O) groups excluding carboxylic acids is 1. The summed E-state index contributed by atoms with van der Waals surface area (Å²) in [6, 6.07) is 1.52. The topological polar surface area (TPSA) is 94.0 Å². The Kier molecular flexibility index (Phi) is 2.89. The van der Waals surface area contributed by atoms with E-state index >= 15 is 0 Å². The molecule has 2 rings (SSSR count). The normalized spacial score (nSPS) is 11.9. The van der Waals surface area contributed by atoms with Gasteiger partial charge in [0.25, 0.3) is 0 Å². The molecule has 0 saturated carbocycles. The summed E-state index contributed by atoms with van der Waals surface area (Å²) in [6.07, 6.45) is 1.08. The second kappa shape index (κ2) is 4.13. The summed E-state index contributed by atoms with van der Waals surface area (Å²) in [7, 11) is -1.82. The number of carbonyl (C=O) groups is 1. The number of hydrogen-bond donors (Lipinski definition) is 1. The Hall–Kier alpha value is -1.83. The Balaban J connectivity index is 2.54. The third-order valence-corrected chi connectivity index (χ3v) is 3.49. The number of aromatic nitrogens is 3. The van der Waals surface area contributed by atoms with Gasteiger partial charge in [-0.3, -0.25) is 0 Å². The third-order valence-electron chi connectivity index (χ3n) is 2.46. The van der Waals surface area contributed by atoms with E-state index in [1.165, 1.54) is 10.6 Å². The number of hydrogen-bond acceptors (Lipinski definition) is 5. The minimum atomic E-state index is -3.39. The monoisotopic (exact) mass is 271 g/mol. The summed E-state index contributed by atoms with van der Waals surface area (Å²) < 4.78 is 29.2. The molecule has 0 fully saturated rings. The van der Waals surface area contributed by atoms with Crippen molar-refractivity contribution in [3.8, 4) is 0 Å². The zero-order valence-corrected chi connectivity index (χ0v) is 11.0. The number of sulfone groups is 1. The summed E-state index contributed by atoms with van der Waals surface area (Å²) in [6.45, 7) is 1.98. The van der Waals surface area contributed by atoms with Gasteiger partial charge in [-0.05, 0) is 13.0 Å². The highest BCUT2D eigenvalue weighted by atomic mass is 32.2. The zero-order valence-electron chi connectivity index (χ0n) is 10.2. The molecule has 0 saturated heterocycles. The van der Waals surface area contributed by atoms with Crippen molar-refractivity contribution in [2.45, 2.75) is 12.1 Å². The average Bonchev–Trinajstić information content (AvgIpc) is 2.78. The predicted molar refractivity (Wildman–Crippen MR) is 64.1 cm³/mol. The van der Waals surface area contributed by atoms with E-state index in [0.29, 0.717) is 11.2 Å². The van der Waals surface area contributed by atoms with Gasteiger partial charge in [-0.2, -0.15) is 0 Å². The summed E-state index contributed by atoms with van der Waals surface area (Å²) in [5.74, 6) is -0.489. The first-order valence-electron chi connectivity index (χ1n) is 5.27. The van der Waals surface area contributed by atoms with Gasteiger partial charge in [0, 0.05) is 13.3 Å². The van der Waals surface area contributed by atoms with Crippen LogP contribution in [0.3, 0.4) is 0 Å². The van der Waals surface area contributed by atoms with Gasteiger partial charge < -0.3 is 14.3 Å². The van der Waals surface area contributed by atoms with E-state index in [9.17, 15) is 13.2 Å². The molecule has 0 aliphatic carbocycles. The van der Waals surface area contributed by atoms with Crippen molar-refractivity contribution in [3.63, 3.8) is 0 Å². The van der Waals surface area contributed by atoms with Crippen molar-refractivity contribution in [2.75, 3.05) is 12.9 Å². The largest absolute Gasteiger partial charge is 0.461 e. The molecule has 2 aromatic heterocycles. The summed E-state index contributed by atoms with van der Waals surface area (Å²) in [5.41, 5.74) is 1.14. The van der Waals surface area contributed by atoms with Crippen molar-refractivity contribution in [1.29, 1.82) is 0 Å². The smallest absolute Gasteiger partial charge is 0.354 e. The standard InChI is InChI=1S/C10H13N3O4S/c1-4-17-9(14)6-5-7-8(11-6)12-10(13(7)2)18(3,15)16/h5,11H,4H2,1-3H3. The molecule has 0 atom stereocenters. The van der Waals surface area contributed by atoms with Crippen LogP contribution in [0, 0.1) is 0 Å². The number of rotatable bonds is 3. The van der Waals surface area contributed by atoms with Gasteiger partial charge in [0.15, 0.2) is 5.65 Å². The fourth-order valence-corrected chi connectivity index (χ4v) is 2.55. The van der Waals surface area contributed by atoms with Crippen LogP contribution in [0.2, 0.25) is 0 Å². The number of aromatic amines is 1. The first kappa shape index (κ1) is 12.6. The maximum Gasteiger partial charge on any atom is 0.354 e. The lowest BCUT2D eigenvalue weighted by molar-refractivity contribution is 0.0520. The van der Waals surface area contributed by atoms with E-state index in [4.69, 9.17) is 4.74 Å². The van der Waals surface area contributed by atoms with Crippen LogP contribution >= 0.6 is 0 Å². The molecule has 18 heavy (non-hydrogen) atoms. The van der Waals surface area contributed by atoms with Gasteiger partial charge in [0.05, 0.1) is 12.1 Å². The van der Waals surface area contributed by atoms with E-state index in [1.807, 2.05) is 0 Å². The van der Waals surface area contributed by atoms with Crippen molar-refractivity contribution < 1.29 is 17.9 Å². The number of nitrogens with one attached hydrogen (secondary N) is 1. The number of nitrogens with zero attached hydrogens (tertiary/aromatic N) is 2. The second-order valence-corrected chi connectivity index (χ2v) is 5.77. The molecule has 0 aliphatic rings. The molecule has 0 aromatic carbocycles. The van der Waals surface area contributed by atoms with Crippen LogP contribution in [0.15, 0.2) is 11.2 Å². The quantitative estimate of drug-likeness (QED) is 0.819. The molecule has 0 radical (unpaired) electrons. The van der Waals surface area contributed by atoms with Gasteiger partial charge in [-0.1, -0.05) is 0 Å². The minimum absolute atomic E-state index is 0.0424. The number of fused-ring (bicyclic) bond motifs is 1. The van der Waals surface area contributed by atoms with Gasteiger partial charge >= 0.3 is 5.97 Å². The molecule has 0 spiro atoms. The second-order valence-electron chi connectivity index (χ2n) is 3.86. The van der Waals surface area contributed by atoms with Gasteiger partial charge in [-0.25, -0.2) is 18.2 Å². The molecule has 98 valence electrons. The van der Waals surface area contributed by atoms with Crippen molar-refractivity contribution in [1.82, 2.24) is 14.5 Å². The molecule has 0 aliphatic heterocycles. The summed E-state index contributed by atoms with van der Waals surface area (Å²) >= 11 is 0. The first-order valence-corrected chi connectivity index (χ1v) is 7.16. The maximum atomic E-state index is 11.5. The lowest BCUT2D eigenvalue weighted by Crippen LogP contribution is -2.07. The maximum absolute atomic E-state index is 11.5. The van der Waals surface area contributed by atoms with Crippen molar-refractivity contribution in [2.24, 2.45) is 7.05 Å². The zero-order chi connectivity index (χ0) is 13.5. The SMILES string of the molecule is CCOC(=O)c1cc2c(nc(S(C)(=O)=O)n2C)[nH]1. The first-order chi connectivity index (χ1) is 8.34. The van der Waals surface area contributed by atoms with Crippen LogP contribution in [-0.4, -0.2) is 41.8 Å². The average molecular weight is 271 g/mol. The molecule has 8 heteroatoms. The van der Waals surface area contributed by atoms with Crippen LogP contribution in [0.4, 0.5) is 0 Å². The molecule has 1 N–H and O–H groups in total. The Labute approximate surface area is 104 Å². The van der Waals surface area contributed by atoms with E-state index in [2.05, 4.69) is 9.97 Å². The molecule has 7 nitrogen and oxygen atoms in total. The Bertz CT molecular complexity index is 711. The molecule has 0 amide bonds. The van der Waals surface area contributed by atoms with Crippen molar-refractivity contribution >= 4 is 27.0 Å². The number of esters is 1. The summed E-state index contributed by atoms with van der Waals surface area (Å²) in [4.78, 5) is 18.2. The highest BCUT2D eigenvalue weighted by molar-refractivity contribution is 7.90. The van der Waals surface area contributed by atoms with E-state index in [0.717, 1.165) is 6.26 Å². The molecule has 0 bridgehead atoms. The third kappa shape index (κ3) is 1.99. The van der Waals surface area contributed by atoms with Crippen LogP contribution in [0.1, 0.15) is 17.4 Å². The lowest BCUT2D eigenvalue weighted by atomic mass is 10.4. The van der Waals surface area contributed by atoms with Crippen LogP contribution < -0.4 is 0 Å². The molecule has 0 unspecified atom stereocenters. The fraction of sp³-hybridized carbons (Fsp3) is 0.400. The van der Waals surface area contributed by atoms with Crippen molar-refractivity contribution in [3.05, 3.63) is 11.8 Å². The fourth-order valence-electron chi connectivity index (χ4n) is 1.70. The number of imidazole rings is 1. The Morgan fingerprint density at radius 1 is 1.56 bits per heavy atom. The lowest BCUT2D eigenvalue weighted by Gasteiger charge is -1.99. The van der Waals surface area contributed by atoms with Gasteiger partial charge in [-0.15, -0.1) is 0 Å². The predicted octanol–water partition coefficient (Wildman–Crippen LogP) is 0.482. The minimum Gasteiger partial charge on any atom is -0.461 e. The highest BCUT2D eigenvalue weighted by Gasteiger charge is 2.20. The van der Waals surface area contributed by atoms with Gasteiger partial charge in [0.1, 0.15) is 5.69 Å². The number of H-pyrrole nitrogens is 1. The van der Waals surface area contributed by atoms with E-state index < -0.39 is 15.8 Å². The van der Waals surface area contributed by atoms with Crippen LogP contribution in [0.25, 0.3) is 11.2 Å². The van der Waals surface area contributed by atoms with Crippen LogP contribution in [-0.2, 0) is 21.6 Å².